The van der Waals surface area contributed by atoms with E-state index in [2.05, 4.69) is 5.32 Å². The first-order chi connectivity index (χ1) is 8.72. The molecule has 1 aromatic carbocycles. The van der Waals surface area contributed by atoms with Gasteiger partial charge in [-0.1, -0.05) is 0 Å². The molecule has 2 nitrogen and oxygen atoms in total. The van der Waals surface area contributed by atoms with Gasteiger partial charge >= 0.3 is 5.51 Å². The van der Waals surface area contributed by atoms with E-state index in [9.17, 15) is 13.2 Å². The van der Waals surface area contributed by atoms with Crippen molar-refractivity contribution in [1.29, 1.82) is 0 Å². The number of nitrogens with one attached hydrogen (secondary N) is 1. The largest absolute Gasteiger partial charge is 0.446 e. The molecule has 0 saturated carbocycles. The van der Waals surface area contributed by atoms with Gasteiger partial charge in [-0.05, 0) is 56.3 Å². The number of hydrogen-bond acceptors (Lipinski definition) is 3. The van der Waals surface area contributed by atoms with Crippen LogP contribution in [0.25, 0.3) is 0 Å². The van der Waals surface area contributed by atoms with E-state index in [1.165, 1.54) is 12.1 Å². The molecular formula is C13H18F3NOS. The highest BCUT2D eigenvalue weighted by Crippen LogP contribution is 2.37. The highest BCUT2D eigenvalue weighted by molar-refractivity contribution is 8.00. The van der Waals surface area contributed by atoms with Crippen molar-refractivity contribution in [3.05, 3.63) is 24.3 Å². The molecule has 108 valence electrons. The number of benzene rings is 1. The summed E-state index contributed by atoms with van der Waals surface area (Å²) in [7, 11) is 1.66. The second-order valence-electron chi connectivity index (χ2n) is 4.71. The SMILES string of the molecule is COC(C)(C)CCNc1ccc(SC(F)(F)F)cc1. The number of halogens is 3. The highest BCUT2D eigenvalue weighted by Gasteiger charge is 2.28. The molecule has 1 aromatic rings. The van der Waals surface area contributed by atoms with Crippen molar-refractivity contribution in [1.82, 2.24) is 0 Å². The van der Waals surface area contributed by atoms with Crippen LogP contribution in [0.3, 0.4) is 0 Å². The normalized spacial score (nSPS) is 12.5. The van der Waals surface area contributed by atoms with Crippen LogP contribution in [0, 0.1) is 0 Å². The molecule has 0 atom stereocenters. The zero-order chi connectivity index (χ0) is 14.5. The zero-order valence-electron chi connectivity index (χ0n) is 11.2. The van der Waals surface area contributed by atoms with E-state index >= 15 is 0 Å². The number of rotatable bonds is 6. The highest BCUT2D eigenvalue weighted by atomic mass is 32.2. The number of ether oxygens (including phenoxy) is 1. The number of hydrogen-bond donors (Lipinski definition) is 1. The molecule has 0 heterocycles. The van der Waals surface area contributed by atoms with Crippen molar-refractivity contribution in [2.75, 3.05) is 19.0 Å². The molecular weight excluding hydrogens is 275 g/mol. The van der Waals surface area contributed by atoms with Crippen LogP contribution < -0.4 is 5.32 Å². The first kappa shape index (κ1) is 16.2. The van der Waals surface area contributed by atoms with Crippen LogP contribution in [0.4, 0.5) is 18.9 Å². The molecule has 0 bridgehead atoms. The molecule has 0 aliphatic carbocycles. The number of anilines is 1. The van der Waals surface area contributed by atoms with Crippen LogP contribution >= 0.6 is 11.8 Å². The van der Waals surface area contributed by atoms with E-state index in [0.717, 1.165) is 12.1 Å². The Balaban J connectivity index is 2.45. The molecule has 0 amide bonds. The monoisotopic (exact) mass is 293 g/mol. The standard InChI is InChI=1S/C13H18F3NOS/c1-12(2,18-3)8-9-17-10-4-6-11(7-5-10)19-13(14,15)16/h4-7,17H,8-9H2,1-3H3. The van der Waals surface area contributed by atoms with Gasteiger partial charge in [0.1, 0.15) is 0 Å². The minimum absolute atomic E-state index is 0.107. The number of alkyl halides is 3. The number of thioether (sulfide) groups is 1. The van der Waals surface area contributed by atoms with Gasteiger partial charge in [-0.3, -0.25) is 0 Å². The molecule has 0 aliphatic heterocycles. The molecule has 0 unspecified atom stereocenters. The molecule has 0 fully saturated rings. The van der Waals surface area contributed by atoms with Gasteiger partial charge in [-0.15, -0.1) is 0 Å². The lowest BCUT2D eigenvalue weighted by Crippen LogP contribution is -2.25. The van der Waals surface area contributed by atoms with Crippen molar-refractivity contribution in [2.24, 2.45) is 0 Å². The van der Waals surface area contributed by atoms with E-state index in [4.69, 9.17) is 4.74 Å². The Morgan fingerprint density at radius 2 is 1.74 bits per heavy atom. The summed E-state index contributed by atoms with van der Waals surface area (Å²) >= 11 is -0.107. The van der Waals surface area contributed by atoms with Gasteiger partial charge in [-0.2, -0.15) is 13.2 Å². The lowest BCUT2D eigenvalue weighted by molar-refractivity contribution is -0.0328. The number of methoxy groups -OCH3 is 1. The van der Waals surface area contributed by atoms with Gasteiger partial charge < -0.3 is 10.1 Å². The molecule has 19 heavy (non-hydrogen) atoms. The second kappa shape index (κ2) is 6.52. The third kappa shape index (κ3) is 6.73. The van der Waals surface area contributed by atoms with Crippen LogP contribution in [0.15, 0.2) is 29.2 Å². The maximum Gasteiger partial charge on any atom is 0.446 e. The van der Waals surface area contributed by atoms with Gasteiger partial charge in [0.05, 0.1) is 5.60 Å². The maximum atomic E-state index is 12.1. The lowest BCUT2D eigenvalue weighted by Gasteiger charge is -2.23. The third-order valence-electron chi connectivity index (χ3n) is 2.70. The van der Waals surface area contributed by atoms with Crippen molar-refractivity contribution in [2.45, 2.75) is 36.3 Å². The third-order valence-corrected chi connectivity index (χ3v) is 3.44. The fourth-order valence-electron chi connectivity index (χ4n) is 1.38. The van der Waals surface area contributed by atoms with E-state index in [1.807, 2.05) is 13.8 Å². The fourth-order valence-corrected chi connectivity index (χ4v) is 1.92. The first-order valence-corrected chi connectivity index (χ1v) is 6.68. The van der Waals surface area contributed by atoms with Crippen LogP contribution in [0.5, 0.6) is 0 Å². The van der Waals surface area contributed by atoms with E-state index in [0.29, 0.717) is 6.54 Å². The van der Waals surface area contributed by atoms with Crippen molar-refractivity contribution >= 4 is 17.4 Å². The minimum Gasteiger partial charge on any atom is -0.385 e. The van der Waals surface area contributed by atoms with Crippen LogP contribution in [-0.2, 0) is 4.74 Å². The fraction of sp³-hybridized carbons (Fsp3) is 0.538. The Morgan fingerprint density at radius 3 is 2.21 bits per heavy atom. The Bertz CT molecular complexity index is 390. The van der Waals surface area contributed by atoms with E-state index in [1.54, 1.807) is 19.2 Å². The van der Waals surface area contributed by atoms with Crippen LogP contribution in [-0.4, -0.2) is 24.8 Å². The van der Waals surface area contributed by atoms with Crippen molar-refractivity contribution < 1.29 is 17.9 Å². The summed E-state index contributed by atoms with van der Waals surface area (Å²) in [5.74, 6) is 0. The van der Waals surface area contributed by atoms with Crippen molar-refractivity contribution in [3.8, 4) is 0 Å². The van der Waals surface area contributed by atoms with Gasteiger partial charge in [0.25, 0.3) is 0 Å². The van der Waals surface area contributed by atoms with Crippen LogP contribution in [0.2, 0.25) is 0 Å². The van der Waals surface area contributed by atoms with Gasteiger partial charge in [0, 0.05) is 24.2 Å². The van der Waals surface area contributed by atoms with Gasteiger partial charge in [-0.25, -0.2) is 0 Å². The average molecular weight is 293 g/mol. The molecule has 0 spiro atoms. The van der Waals surface area contributed by atoms with Gasteiger partial charge in [0.15, 0.2) is 0 Å². The summed E-state index contributed by atoms with van der Waals surface area (Å²) in [5, 5.41) is 3.15. The molecule has 0 saturated heterocycles. The van der Waals surface area contributed by atoms with E-state index in [-0.39, 0.29) is 22.3 Å². The molecule has 0 radical (unpaired) electrons. The molecule has 1 N–H and O–H groups in total. The van der Waals surface area contributed by atoms with E-state index < -0.39 is 5.51 Å². The molecule has 0 aromatic heterocycles. The summed E-state index contributed by atoms with van der Waals surface area (Å²) in [5.41, 5.74) is -3.64. The topological polar surface area (TPSA) is 21.3 Å². The minimum atomic E-state index is -4.24. The van der Waals surface area contributed by atoms with Crippen LogP contribution in [0.1, 0.15) is 20.3 Å². The second-order valence-corrected chi connectivity index (χ2v) is 5.85. The Hall–Kier alpha value is -0.880. The summed E-state index contributed by atoms with van der Waals surface area (Å²) in [6, 6.07) is 6.21. The molecule has 0 aliphatic rings. The molecule has 1 rings (SSSR count). The summed E-state index contributed by atoms with van der Waals surface area (Å²) in [4.78, 5) is 0.190. The maximum absolute atomic E-state index is 12.1. The van der Waals surface area contributed by atoms with Crippen molar-refractivity contribution in [3.63, 3.8) is 0 Å². The summed E-state index contributed by atoms with van der Waals surface area (Å²) < 4.78 is 41.7. The smallest absolute Gasteiger partial charge is 0.385 e. The summed E-state index contributed by atoms with van der Waals surface area (Å²) in [6.45, 7) is 4.67. The Labute approximate surface area is 115 Å². The predicted molar refractivity (Wildman–Crippen MR) is 72.5 cm³/mol. The average Bonchev–Trinajstić information content (AvgIpc) is 2.29. The quantitative estimate of drug-likeness (QED) is 0.779. The Morgan fingerprint density at radius 1 is 1.16 bits per heavy atom. The predicted octanol–water partition coefficient (Wildman–Crippen LogP) is 4.53. The first-order valence-electron chi connectivity index (χ1n) is 5.87. The lowest BCUT2D eigenvalue weighted by atomic mass is 10.1. The van der Waals surface area contributed by atoms with Gasteiger partial charge in [0.2, 0.25) is 0 Å². The molecule has 6 heteroatoms. The Kier molecular flexibility index (Phi) is 5.55. The zero-order valence-corrected chi connectivity index (χ0v) is 12.0. The summed E-state index contributed by atoms with van der Waals surface area (Å²) in [6.07, 6.45) is 0.808.